The number of benzene rings is 1. The molecule has 0 aliphatic heterocycles. The van der Waals surface area contributed by atoms with Crippen LogP contribution in [0, 0.1) is 16.7 Å². The highest BCUT2D eigenvalue weighted by molar-refractivity contribution is 8.06. The molecule has 6 heteroatoms. The third-order valence-electron chi connectivity index (χ3n) is 4.73. The number of allylic oxidation sites excluding steroid dienone is 2. The lowest BCUT2D eigenvalue weighted by Gasteiger charge is -2.29. The highest BCUT2D eigenvalue weighted by Crippen LogP contribution is 2.40. The maximum atomic E-state index is 10.5. The van der Waals surface area contributed by atoms with Crippen LogP contribution in [0.15, 0.2) is 51.3 Å². The Kier molecular flexibility index (Phi) is 10.5. The van der Waals surface area contributed by atoms with E-state index in [1.165, 1.54) is 11.8 Å². The van der Waals surface area contributed by atoms with Crippen molar-refractivity contribution in [2.75, 3.05) is 19.9 Å². The number of rotatable bonds is 11. The first-order chi connectivity index (χ1) is 14.8. The minimum atomic E-state index is -0.924. The second kappa shape index (κ2) is 11.9. The normalized spacial score (nSPS) is 12.2. The van der Waals surface area contributed by atoms with Crippen LogP contribution in [0.25, 0.3) is 5.70 Å². The molecule has 0 aromatic heterocycles. The molecule has 176 valence electrons. The molecule has 0 saturated carbocycles. The molecule has 1 aromatic carbocycles. The van der Waals surface area contributed by atoms with Crippen LogP contribution in [0.1, 0.15) is 60.5 Å². The van der Waals surface area contributed by atoms with Gasteiger partial charge < -0.3 is 14.7 Å². The van der Waals surface area contributed by atoms with Gasteiger partial charge in [-0.15, -0.1) is 11.8 Å². The largest absolute Gasteiger partial charge is 0.496 e. The van der Waals surface area contributed by atoms with Crippen molar-refractivity contribution in [3.05, 3.63) is 51.9 Å². The molecule has 0 unspecified atom stereocenters. The van der Waals surface area contributed by atoms with Crippen molar-refractivity contribution < 1.29 is 9.84 Å². The number of nitrogens with zero attached hydrogens (tertiary/aromatic N) is 2. The summed E-state index contributed by atoms with van der Waals surface area (Å²) in [4.78, 5) is 3.96. The number of nitriles is 1. The van der Waals surface area contributed by atoms with Crippen LogP contribution >= 0.6 is 23.5 Å². The average Bonchev–Trinajstić information content (AvgIpc) is 2.71. The number of methoxy groups -OCH3 is 1. The Morgan fingerprint density at radius 1 is 1.28 bits per heavy atom. The SMILES string of the molecule is C=C(S/C(=C\CC)C(C)(C)O)N(C)C(=C(C)C)c1ccc(OC)c(SCC(C)(C)C#N)c1. The number of aliphatic hydroxyl groups is 1. The monoisotopic (exact) mass is 474 g/mol. The molecule has 0 radical (unpaired) electrons. The summed E-state index contributed by atoms with van der Waals surface area (Å²) >= 11 is 3.12. The van der Waals surface area contributed by atoms with E-state index in [1.54, 1.807) is 32.7 Å². The van der Waals surface area contributed by atoms with Crippen molar-refractivity contribution in [3.8, 4) is 11.8 Å². The number of thioether (sulfide) groups is 2. The van der Waals surface area contributed by atoms with Crippen LogP contribution in [0.5, 0.6) is 5.75 Å². The maximum Gasteiger partial charge on any atom is 0.132 e. The highest BCUT2D eigenvalue weighted by atomic mass is 32.2. The molecule has 0 aliphatic carbocycles. The van der Waals surface area contributed by atoms with Gasteiger partial charge in [-0.3, -0.25) is 0 Å². The van der Waals surface area contributed by atoms with Crippen molar-refractivity contribution in [1.29, 1.82) is 5.26 Å². The Bertz CT molecular complexity index is 915. The molecule has 0 spiro atoms. The highest BCUT2D eigenvalue weighted by Gasteiger charge is 2.24. The Morgan fingerprint density at radius 2 is 1.91 bits per heavy atom. The fraction of sp³-hybridized carbons (Fsp3) is 0.500. The zero-order chi connectivity index (χ0) is 24.7. The second-order valence-corrected chi connectivity index (χ2v) is 11.2. The molecule has 0 heterocycles. The predicted molar refractivity (Wildman–Crippen MR) is 141 cm³/mol. The summed E-state index contributed by atoms with van der Waals surface area (Å²) in [6.45, 7) is 18.0. The lowest BCUT2D eigenvalue weighted by molar-refractivity contribution is 0.129. The molecule has 32 heavy (non-hydrogen) atoms. The fourth-order valence-corrected chi connectivity index (χ4v) is 5.03. The van der Waals surface area contributed by atoms with Gasteiger partial charge in [0.25, 0.3) is 0 Å². The molecule has 0 aliphatic rings. The smallest absolute Gasteiger partial charge is 0.132 e. The third-order valence-corrected chi connectivity index (χ3v) is 7.62. The Morgan fingerprint density at radius 3 is 2.38 bits per heavy atom. The number of hydrogen-bond donors (Lipinski definition) is 1. The van der Waals surface area contributed by atoms with Gasteiger partial charge in [0.05, 0.1) is 34.1 Å². The van der Waals surface area contributed by atoms with Gasteiger partial charge in [0, 0.05) is 23.4 Å². The van der Waals surface area contributed by atoms with Crippen LogP contribution in [-0.4, -0.2) is 35.5 Å². The maximum absolute atomic E-state index is 10.5. The first-order valence-electron chi connectivity index (χ1n) is 10.7. The van der Waals surface area contributed by atoms with Crippen LogP contribution in [0.2, 0.25) is 0 Å². The van der Waals surface area contributed by atoms with Gasteiger partial charge in [-0.05, 0) is 71.7 Å². The van der Waals surface area contributed by atoms with Gasteiger partial charge in [0.1, 0.15) is 5.75 Å². The van der Waals surface area contributed by atoms with E-state index >= 15 is 0 Å². The summed E-state index contributed by atoms with van der Waals surface area (Å²) in [5.41, 5.74) is 1.91. The van der Waals surface area contributed by atoms with Gasteiger partial charge in [-0.1, -0.05) is 36.9 Å². The van der Waals surface area contributed by atoms with Gasteiger partial charge in [-0.2, -0.15) is 5.26 Å². The lowest BCUT2D eigenvalue weighted by Crippen LogP contribution is -2.22. The molecular weight excluding hydrogens is 436 g/mol. The third kappa shape index (κ3) is 7.95. The lowest BCUT2D eigenvalue weighted by atomic mass is 10.00. The topological polar surface area (TPSA) is 56.5 Å². The summed E-state index contributed by atoms with van der Waals surface area (Å²) in [5.74, 6) is 1.47. The molecule has 0 saturated heterocycles. The zero-order valence-corrected chi connectivity index (χ0v) is 22.6. The molecule has 0 amide bonds. The van der Waals surface area contributed by atoms with Crippen LogP contribution in [-0.2, 0) is 0 Å². The second-order valence-electron chi connectivity index (χ2n) is 9.09. The summed E-state index contributed by atoms with van der Waals surface area (Å²) < 4.78 is 5.57. The molecule has 1 rings (SSSR count). The van der Waals surface area contributed by atoms with E-state index in [9.17, 15) is 10.4 Å². The summed E-state index contributed by atoms with van der Waals surface area (Å²) in [6, 6.07) is 8.50. The summed E-state index contributed by atoms with van der Waals surface area (Å²) in [5, 5.41) is 20.7. The van der Waals surface area contributed by atoms with Crippen molar-refractivity contribution in [2.24, 2.45) is 5.41 Å². The van der Waals surface area contributed by atoms with E-state index in [-0.39, 0.29) is 0 Å². The van der Waals surface area contributed by atoms with Crippen LogP contribution in [0.3, 0.4) is 0 Å². The summed E-state index contributed by atoms with van der Waals surface area (Å²) in [6.07, 6.45) is 2.89. The van der Waals surface area contributed by atoms with Gasteiger partial charge in [0.2, 0.25) is 0 Å². The van der Waals surface area contributed by atoms with Gasteiger partial charge in [-0.25, -0.2) is 0 Å². The van der Waals surface area contributed by atoms with E-state index in [0.717, 1.165) is 43.8 Å². The molecule has 0 fully saturated rings. The van der Waals surface area contributed by atoms with Crippen molar-refractivity contribution in [1.82, 2.24) is 4.90 Å². The van der Waals surface area contributed by atoms with Gasteiger partial charge in [0.15, 0.2) is 0 Å². The van der Waals surface area contributed by atoms with Gasteiger partial charge >= 0.3 is 0 Å². The van der Waals surface area contributed by atoms with Crippen LogP contribution in [0.4, 0.5) is 0 Å². The van der Waals surface area contributed by atoms with E-state index in [1.807, 2.05) is 39.1 Å². The molecule has 0 atom stereocenters. The van der Waals surface area contributed by atoms with E-state index in [2.05, 4.69) is 44.4 Å². The molecule has 1 aromatic rings. The quantitative estimate of drug-likeness (QED) is 0.340. The molecular formula is C26H38N2O2S2. The predicted octanol–water partition coefficient (Wildman–Crippen LogP) is 7.29. The van der Waals surface area contributed by atoms with Crippen molar-refractivity contribution >= 4 is 29.2 Å². The Hall–Kier alpha value is -1.81. The van der Waals surface area contributed by atoms with E-state index < -0.39 is 11.0 Å². The molecule has 1 N–H and O–H groups in total. The van der Waals surface area contributed by atoms with E-state index in [4.69, 9.17) is 4.74 Å². The fourth-order valence-electron chi connectivity index (χ4n) is 2.97. The minimum absolute atomic E-state index is 0.425. The molecule has 4 nitrogen and oxygen atoms in total. The Balaban J connectivity index is 3.31. The minimum Gasteiger partial charge on any atom is -0.496 e. The first-order valence-corrected chi connectivity index (χ1v) is 12.5. The molecule has 0 bridgehead atoms. The Labute approximate surface area is 203 Å². The van der Waals surface area contributed by atoms with Crippen molar-refractivity contribution in [3.63, 3.8) is 0 Å². The van der Waals surface area contributed by atoms with Crippen molar-refractivity contribution in [2.45, 2.75) is 65.4 Å². The number of ether oxygens (including phenoxy) is 1. The number of hydrogen-bond acceptors (Lipinski definition) is 6. The standard InChI is InChI=1S/C26H38N2O2S2/c1-11-12-23(26(7,8)29)32-19(4)28(9)24(18(2)3)20-13-14-21(30-10)22(15-20)31-17-25(5,6)16-27/h12-15,29H,4,11,17H2,1-3,5-10H3/b23-12-. The average molecular weight is 475 g/mol. The van der Waals surface area contributed by atoms with Crippen LogP contribution < -0.4 is 4.74 Å². The zero-order valence-electron chi connectivity index (χ0n) is 21.0. The first kappa shape index (κ1) is 28.2. The summed E-state index contributed by atoms with van der Waals surface area (Å²) in [7, 11) is 3.67. The van der Waals surface area contributed by atoms with E-state index in [0.29, 0.717) is 5.75 Å².